The first-order valence-corrected chi connectivity index (χ1v) is 6.55. The number of nitrogens with one attached hydrogen (secondary N) is 1. The minimum absolute atomic E-state index is 0.414. The Morgan fingerprint density at radius 3 is 2.60 bits per heavy atom. The van der Waals surface area contributed by atoms with Gasteiger partial charge in [-0.15, -0.1) is 0 Å². The number of carbonyl (C=O) groups excluding carboxylic acids is 1. The number of nitrogens with zero attached hydrogens (tertiary/aromatic N) is 2. The molecule has 0 radical (unpaired) electrons. The van der Waals surface area contributed by atoms with Gasteiger partial charge < -0.3 is 15.0 Å². The van der Waals surface area contributed by atoms with Gasteiger partial charge in [0.05, 0.1) is 0 Å². The Kier molecular flexibility index (Phi) is 5.55. The van der Waals surface area contributed by atoms with Gasteiger partial charge in [-0.1, -0.05) is 12.2 Å². The maximum absolute atomic E-state index is 11.4. The summed E-state index contributed by atoms with van der Waals surface area (Å²) in [5, 5.41) is 2.66. The fourth-order valence-electron chi connectivity index (χ4n) is 1.41. The average molecular weight is 277 g/mol. The molecule has 5 nitrogen and oxygen atoms in total. The van der Waals surface area contributed by atoms with Crippen molar-refractivity contribution in [2.24, 2.45) is 0 Å². The molecule has 0 saturated heterocycles. The molecule has 0 atom stereocenters. The van der Waals surface area contributed by atoms with Crippen LogP contribution in [-0.2, 0) is 4.74 Å². The van der Waals surface area contributed by atoms with Crippen LogP contribution in [0, 0.1) is 0 Å². The minimum Gasteiger partial charge on any atom is -0.444 e. The van der Waals surface area contributed by atoms with Gasteiger partial charge in [0.2, 0.25) is 0 Å². The van der Waals surface area contributed by atoms with E-state index < -0.39 is 11.7 Å². The molecule has 1 heterocycles. The van der Waals surface area contributed by atoms with Crippen molar-refractivity contribution in [1.82, 2.24) is 10.3 Å². The van der Waals surface area contributed by atoms with Crippen molar-refractivity contribution in [3.8, 4) is 0 Å². The summed E-state index contributed by atoms with van der Waals surface area (Å²) in [6, 6.07) is 3.92. The van der Waals surface area contributed by atoms with Crippen LogP contribution in [0.3, 0.4) is 0 Å². The lowest BCUT2D eigenvalue weighted by atomic mass is 10.2. The molecule has 110 valence electrons. The van der Waals surface area contributed by atoms with Gasteiger partial charge in [-0.05, 0) is 38.5 Å². The fraction of sp³-hybridized carbons (Fsp3) is 0.467. The lowest BCUT2D eigenvalue weighted by molar-refractivity contribution is 0.0534. The van der Waals surface area contributed by atoms with Crippen molar-refractivity contribution in [2.75, 3.05) is 25.5 Å². The van der Waals surface area contributed by atoms with Crippen LogP contribution in [0.1, 0.15) is 26.3 Å². The van der Waals surface area contributed by atoms with Gasteiger partial charge in [0.1, 0.15) is 11.4 Å². The quantitative estimate of drug-likeness (QED) is 0.919. The van der Waals surface area contributed by atoms with E-state index >= 15 is 0 Å². The van der Waals surface area contributed by atoms with Gasteiger partial charge in [-0.25, -0.2) is 9.78 Å². The molecular formula is C15H23N3O2. The molecule has 1 aromatic rings. The summed E-state index contributed by atoms with van der Waals surface area (Å²) in [4.78, 5) is 17.6. The molecular weight excluding hydrogens is 254 g/mol. The van der Waals surface area contributed by atoms with E-state index in [-0.39, 0.29) is 0 Å². The number of anilines is 1. The molecule has 0 aliphatic rings. The molecule has 0 aliphatic carbocycles. The third-order valence-corrected chi connectivity index (χ3v) is 2.30. The van der Waals surface area contributed by atoms with Crippen molar-refractivity contribution in [3.63, 3.8) is 0 Å². The average Bonchev–Trinajstić information content (AvgIpc) is 2.33. The molecule has 0 spiro atoms. The van der Waals surface area contributed by atoms with Crippen LogP contribution in [0.5, 0.6) is 0 Å². The number of amides is 1. The third kappa shape index (κ3) is 6.22. The highest BCUT2D eigenvalue weighted by molar-refractivity contribution is 5.68. The van der Waals surface area contributed by atoms with E-state index in [0.29, 0.717) is 6.54 Å². The van der Waals surface area contributed by atoms with Crippen LogP contribution < -0.4 is 10.2 Å². The Bertz CT molecular complexity index is 459. The Balaban J connectivity index is 2.40. The van der Waals surface area contributed by atoms with Gasteiger partial charge in [0.25, 0.3) is 0 Å². The molecule has 5 heteroatoms. The van der Waals surface area contributed by atoms with E-state index in [1.54, 1.807) is 6.20 Å². The number of rotatable bonds is 4. The number of hydrogen-bond acceptors (Lipinski definition) is 4. The smallest absolute Gasteiger partial charge is 0.407 e. The summed E-state index contributed by atoms with van der Waals surface area (Å²) < 4.78 is 5.13. The number of alkyl carbamates (subject to hydrolysis) is 1. The maximum atomic E-state index is 11.4. The highest BCUT2D eigenvalue weighted by Gasteiger charge is 2.14. The molecule has 20 heavy (non-hydrogen) atoms. The highest BCUT2D eigenvalue weighted by Crippen LogP contribution is 2.09. The van der Waals surface area contributed by atoms with Crippen molar-refractivity contribution in [3.05, 3.63) is 30.0 Å². The molecule has 0 aromatic carbocycles. The Morgan fingerprint density at radius 1 is 1.40 bits per heavy atom. The SMILES string of the molecule is CN(C)c1ccc(C=CCNC(=O)OC(C)(C)C)cn1. The van der Waals surface area contributed by atoms with Gasteiger partial charge in [-0.2, -0.15) is 0 Å². The standard InChI is InChI=1S/C15H23N3O2/c1-15(2,3)20-14(19)16-10-6-7-12-8-9-13(17-11-12)18(4)5/h6-9,11H,10H2,1-5H3,(H,16,19). The number of aromatic nitrogens is 1. The summed E-state index contributed by atoms with van der Waals surface area (Å²) in [5.41, 5.74) is 0.515. The third-order valence-electron chi connectivity index (χ3n) is 2.30. The summed E-state index contributed by atoms with van der Waals surface area (Å²) >= 11 is 0. The fourth-order valence-corrected chi connectivity index (χ4v) is 1.41. The van der Waals surface area contributed by atoms with Gasteiger partial charge in [-0.3, -0.25) is 0 Å². The Labute approximate surface area is 120 Å². The Morgan fingerprint density at radius 2 is 2.10 bits per heavy atom. The lowest BCUT2D eigenvalue weighted by Crippen LogP contribution is -2.32. The first kappa shape index (κ1) is 16.0. The normalized spacial score (nSPS) is 11.4. The second-order valence-electron chi connectivity index (χ2n) is 5.63. The van der Waals surface area contributed by atoms with Crippen LogP contribution in [0.15, 0.2) is 24.4 Å². The van der Waals surface area contributed by atoms with Crippen molar-refractivity contribution < 1.29 is 9.53 Å². The Hall–Kier alpha value is -2.04. The number of hydrogen-bond donors (Lipinski definition) is 1. The highest BCUT2D eigenvalue weighted by atomic mass is 16.6. The first-order chi connectivity index (χ1) is 9.28. The van der Waals surface area contributed by atoms with Crippen molar-refractivity contribution >= 4 is 18.0 Å². The minimum atomic E-state index is -0.472. The molecule has 0 aliphatic heterocycles. The van der Waals surface area contributed by atoms with E-state index in [4.69, 9.17) is 4.74 Å². The monoisotopic (exact) mass is 277 g/mol. The van der Waals surface area contributed by atoms with E-state index in [9.17, 15) is 4.79 Å². The molecule has 1 N–H and O–H groups in total. The van der Waals surface area contributed by atoms with Crippen LogP contribution >= 0.6 is 0 Å². The molecule has 0 saturated carbocycles. The number of carbonyl (C=O) groups is 1. The lowest BCUT2D eigenvalue weighted by Gasteiger charge is -2.19. The molecule has 0 unspecified atom stereocenters. The van der Waals surface area contributed by atoms with E-state index in [1.807, 2.05) is 64.1 Å². The zero-order valence-electron chi connectivity index (χ0n) is 12.8. The molecule has 1 aromatic heterocycles. The van der Waals surface area contributed by atoms with Crippen LogP contribution in [0.2, 0.25) is 0 Å². The van der Waals surface area contributed by atoms with Gasteiger partial charge in [0, 0.05) is 26.8 Å². The van der Waals surface area contributed by atoms with E-state index in [1.165, 1.54) is 0 Å². The summed E-state index contributed by atoms with van der Waals surface area (Å²) in [7, 11) is 3.89. The maximum Gasteiger partial charge on any atom is 0.407 e. The van der Waals surface area contributed by atoms with Crippen molar-refractivity contribution in [2.45, 2.75) is 26.4 Å². The molecule has 0 bridgehead atoms. The summed E-state index contributed by atoms with van der Waals surface area (Å²) in [6.07, 6.45) is 5.14. The topological polar surface area (TPSA) is 54.5 Å². The molecule has 1 amide bonds. The second kappa shape index (κ2) is 6.93. The van der Waals surface area contributed by atoms with Gasteiger partial charge in [0.15, 0.2) is 0 Å². The first-order valence-electron chi connectivity index (χ1n) is 6.55. The zero-order valence-corrected chi connectivity index (χ0v) is 12.8. The predicted molar refractivity (Wildman–Crippen MR) is 81.8 cm³/mol. The number of pyridine rings is 1. The van der Waals surface area contributed by atoms with Crippen molar-refractivity contribution in [1.29, 1.82) is 0 Å². The van der Waals surface area contributed by atoms with Gasteiger partial charge >= 0.3 is 6.09 Å². The summed E-state index contributed by atoms with van der Waals surface area (Å²) in [6.45, 7) is 5.92. The second-order valence-corrected chi connectivity index (χ2v) is 5.63. The number of ether oxygens (including phenoxy) is 1. The van der Waals surface area contributed by atoms with E-state index in [0.717, 1.165) is 11.4 Å². The molecule has 1 rings (SSSR count). The zero-order chi connectivity index (χ0) is 15.2. The predicted octanol–water partition coefficient (Wildman–Crippen LogP) is 2.69. The summed E-state index contributed by atoms with van der Waals surface area (Å²) in [5.74, 6) is 0.911. The van der Waals surface area contributed by atoms with Crippen LogP contribution in [0.4, 0.5) is 10.6 Å². The van der Waals surface area contributed by atoms with E-state index in [2.05, 4.69) is 10.3 Å². The van der Waals surface area contributed by atoms with Crippen LogP contribution in [0.25, 0.3) is 6.08 Å². The molecule has 0 fully saturated rings. The van der Waals surface area contributed by atoms with Crippen LogP contribution in [-0.4, -0.2) is 37.3 Å². The largest absolute Gasteiger partial charge is 0.444 e.